The van der Waals surface area contributed by atoms with E-state index in [9.17, 15) is 9.18 Å². The maximum absolute atomic E-state index is 13.2. The Morgan fingerprint density at radius 2 is 2.29 bits per heavy atom. The minimum atomic E-state index is -0.509. The molecule has 1 aromatic carbocycles. The second-order valence-corrected chi connectivity index (χ2v) is 4.04. The topological polar surface area (TPSA) is 72.7 Å². The van der Waals surface area contributed by atoms with Crippen LogP contribution in [0, 0.1) is 5.82 Å². The Morgan fingerprint density at radius 1 is 1.53 bits per heavy atom. The molecule has 0 unspecified atom stereocenters. The smallest absolute Gasteiger partial charge is 0.270 e. The minimum absolute atomic E-state index is 0.0702. The Hall–Kier alpha value is -1.83. The fourth-order valence-electron chi connectivity index (χ4n) is 1.15. The number of carbonyl (C=O) groups excluding carboxylic acids is 1. The first kappa shape index (κ1) is 11.6. The van der Waals surface area contributed by atoms with Gasteiger partial charge in [-0.1, -0.05) is 5.10 Å². The predicted molar refractivity (Wildman–Crippen MR) is 60.9 cm³/mol. The molecule has 1 aromatic heterocycles. The lowest BCUT2D eigenvalue weighted by molar-refractivity contribution is 0.102. The molecular formula is C9H7BrFN5O. The van der Waals surface area contributed by atoms with E-state index in [0.717, 1.165) is 6.07 Å². The Balaban J connectivity index is 2.17. The molecule has 1 amide bonds. The van der Waals surface area contributed by atoms with Crippen LogP contribution in [0.4, 0.5) is 10.3 Å². The monoisotopic (exact) mass is 299 g/mol. The van der Waals surface area contributed by atoms with Gasteiger partial charge in [0.05, 0.1) is 11.5 Å². The van der Waals surface area contributed by atoms with Gasteiger partial charge < -0.3 is 0 Å². The molecule has 0 atom stereocenters. The number of rotatable bonds is 2. The Bertz CT molecular complexity index is 570. The number of benzene rings is 1. The number of halogens is 2. The number of hydrogen-bond acceptors (Lipinski definition) is 4. The first-order valence-electron chi connectivity index (χ1n) is 4.56. The van der Waals surface area contributed by atoms with Crippen molar-refractivity contribution in [2.75, 3.05) is 5.32 Å². The van der Waals surface area contributed by atoms with Crippen molar-refractivity contribution >= 4 is 27.8 Å². The lowest BCUT2D eigenvalue weighted by Gasteiger charge is -2.01. The van der Waals surface area contributed by atoms with E-state index in [-0.39, 0.29) is 11.5 Å². The average Bonchev–Trinajstić information content (AvgIpc) is 2.68. The maximum Gasteiger partial charge on any atom is 0.270 e. The maximum atomic E-state index is 13.2. The predicted octanol–water partition coefficient (Wildman–Crippen LogP) is 1.36. The third kappa shape index (κ3) is 2.64. The third-order valence-corrected chi connectivity index (χ3v) is 2.56. The van der Waals surface area contributed by atoms with E-state index >= 15 is 0 Å². The van der Waals surface area contributed by atoms with Gasteiger partial charge in [0.25, 0.3) is 11.9 Å². The number of anilines is 1. The standard InChI is InChI=1S/C9H7BrFN5O/c1-16-14-9(13-15-16)12-8(17)5-2-3-6(10)7(11)4-5/h2-4H,1H3,(H,12,14,17). The van der Waals surface area contributed by atoms with E-state index in [2.05, 4.69) is 36.7 Å². The zero-order valence-electron chi connectivity index (χ0n) is 8.69. The van der Waals surface area contributed by atoms with Crippen molar-refractivity contribution in [1.82, 2.24) is 20.2 Å². The highest BCUT2D eigenvalue weighted by Gasteiger charge is 2.11. The zero-order valence-corrected chi connectivity index (χ0v) is 10.3. The number of hydrogen-bond donors (Lipinski definition) is 1. The first-order valence-corrected chi connectivity index (χ1v) is 5.36. The van der Waals surface area contributed by atoms with Crippen LogP contribution >= 0.6 is 15.9 Å². The average molecular weight is 300 g/mol. The van der Waals surface area contributed by atoms with Crippen molar-refractivity contribution in [2.45, 2.75) is 0 Å². The van der Waals surface area contributed by atoms with E-state index in [1.54, 1.807) is 7.05 Å². The largest absolute Gasteiger partial charge is 0.288 e. The van der Waals surface area contributed by atoms with Crippen LogP contribution < -0.4 is 5.32 Å². The van der Waals surface area contributed by atoms with Crippen LogP contribution in [0.2, 0.25) is 0 Å². The molecule has 0 spiro atoms. The normalized spacial score (nSPS) is 10.3. The number of nitrogens with one attached hydrogen (secondary N) is 1. The molecule has 0 saturated carbocycles. The summed E-state index contributed by atoms with van der Waals surface area (Å²) in [5.74, 6) is -0.935. The van der Waals surface area contributed by atoms with E-state index in [1.165, 1.54) is 16.9 Å². The number of amides is 1. The van der Waals surface area contributed by atoms with Crippen LogP contribution in [0.3, 0.4) is 0 Å². The summed E-state index contributed by atoms with van der Waals surface area (Å²) in [6.45, 7) is 0. The van der Waals surface area contributed by atoms with Gasteiger partial charge >= 0.3 is 0 Å². The molecule has 88 valence electrons. The molecule has 0 aliphatic carbocycles. The molecule has 8 heteroatoms. The van der Waals surface area contributed by atoms with E-state index in [0.29, 0.717) is 4.47 Å². The molecule has 0 bridgehead atoms. The van der Waals surface area contributed by atoms with Crippen LogP contribution in [-0.2, 0) is 7.05 Å². The first-order chi connectivity index (χ1) is 8.06. The van der Waals surface area contributed by atoms with Crippen molar-refractivity contribution in [3.8, 4) is 0 Å². The fraction of sp³-hybridized carbons (Fsp3) is 0.111. The molecule has 17 heavy (non-hydrogen) atoms. The molecule has 2 rings (SSSR count). The van der Waals surface area contributed by atoms with Gasteiger partial charge in [0, 0.05) is 5.56 Å². The highest BCUT2D eigenvalue weighted by atomic mass is 79.9. The summed E-state index contributed by atoms with van der Waals surface area (Å²) in [6, 6.07) is 4.06. The summed E-state index contributed by atoms with van der Waals surface area (Å²) in [4.78, 5) is 12.9. The quantitative estimate of drug-likeness (QED) is 0.909. The van der Waals surface area contributed by atoms with E-state index in [4.69, 9.17) is 0 Å². The van der Waals surface area contributed by atoms with Crippen molar-refractivity contribution in [3.63, 3.8) is 0 Å². The van der Waals surface area contributed by atoms with Crippen LogP contribution in [0.25, 0.3) is 0 Å². The van der Waals surface area contributed by atoms with Crippen molar-refractivity contribution in [1.29, 1.82) is 0 Å². The highest BCUT2D eigenvalue weighted by molar-refractivity contribution is 9.10. The van der Waals surface area contributed by atoms with Gasteiger partial charge in [-0.25, -0.2) is 4.39 Å². The van der Waals surface area contributed by atoms with Crippen molar-refractivity contribution in [2.24, 2.45) is 7.05 Å². The van der Waals surface area contributed by atoms with Gasteiger partial charge in [-0.15, -0.1) is 5.10 Å². The Labute approximate surface area is 104 Å². The highest BCUT2D eigenvalue weighted by Crippen LogP contribution is 2.16. The van der Waals surface area contributed by atoms with Crippen molar-refractivity contribution < 1.29 is 9.18 Å². The van der Waals surface area contributed by atoms with Crippen LogP contribution in [-0.4, -0.2) is 26.1 Å². The lowest BCUT2D eigenvalue weighted by Crippen LogP contribution is -2.13. The molecule has 0 radical (unpaired) electrons. The number of aromatic nitrogens is 4. The van der Waals surface area contributed by atoms with Gasteiger partial charge in [-0.2, -0.15) is 4.80 Å². The number of tetrazole rings is 1. The summed E-state index contributed by atoms with van der Waals surface area (Å²) >= 11 is 3.00. The molecule has 1 heterocycles. The second-order valence-electron chi connectivity index (χ2n) is 3.19. The molecule has 1 N–H and O–H groups in total. The molecule has 0 aliphatic rings. The van der Waals surface area contributed by atoms with E-state index < -0.39 is 11.7 Å². The Kier molecular flexibility index (Phi) is 3.14. The zero-order chi connectivity index (χ0) is 12.4. The number of nitrogens with zero attached hydrogens (tertiary/aromatic N) is 4. The van der Waals surface area contributed by atoms with Gasteiger partial charge in [0.2, 0.25) is 0 Å². The summed E-state index contributed by atoms with van der Waals surface area (Å²) in [5.41, 5.74) is 0.179. The van der Waals surface area contributed by atoms with E-state index in [1.807, 2.05) is 0 Å². The molecule has 2 aromatic rings. The molecule has 0 fully saturated rings. The number of carbonyl (C=O) groups is 1. The summed E-state index contributed by atoms with van der Waals surface area (Å²) in [6.07, 6.45) is 0. The summed E-state index contributed by atoms with van der Waals surface area (Å²) in [7, 11) is 1.57. The third-order valence-electron chi connectivity index (χ3n) is 1.92. The molecule has 0 saturated heterocycles. The summed E-state index contributed by atoms with van der Waals surface area (Å²) < 4.78 is 13.5. The molecular weight excluding hydrogens is 293 g/mol. The minimum Gasteiger partial charge on any atom is -0.288 e. The molecule has 6 nitrogen and oxygen atoms in total. The molecule has 0 aliphatic heterocycles. The summed E-state index contributed by atoms with van der Waals surface area (Å²) in [5, 5.41) is 13.3. The fourth-order valence-corrected chi connectivity index (χ4v) is 1.39. The second kappa shape index (κ2) is 4.58. The van der Waals surface area contributed by atoms with Crippen LogP contribution in [0.15, 0.2) is 22.7 Å². The van der Waals surface area contributed by atoms with Gasteiger partial charge in [-0.3, -0.25) is 10.1 Å². The lowest BCUT2D eigenvalue weighted by atomic mass is 10.2. The van der Waals surface area contributed by atoms with Gasteiger partial charge in [0.1, 0.15) is 5.82 Å². The van der Waals surface area contributed by atoms with Crippen LogP contribution in [0.1, 0.15) is 10.4 Å². The number of aryl methyl sites for hydroxylation is 1. The van der Waals surface area contributed by atoms with Crippen LogP contribution in [0.5, 0.6) is 0 Å². The van der Waals surface area contributed by atoms with Gasteiger partial charge in [0.15, 0.2) is 0 Å². The SMILES string of the molecule is Cn1nnc(NC(=O)c2ccc(Br)c(F)c2)n1. The van der Waals surface area contributed by atoms with Crippen molar-refractivity contribution in [3.05, 3.63) is 34.1 Å². The van der Waals surface area contributed by atoms with Gasteiger partial charge in [-0.05, 0) is 39.3 Å². The Morgan fingerprint density at radius 3 is 2.88 bits per heavy atom.